The van der Waals surface area contributed by atoms with Gasteiger partial charge in [-0.25, -0.2) is 0 Å². The van der Waals surface area contributed by atoms with Crippen molar-refractivity contribution in [3.63, 3.8) is 0 Å². The Kier molecular flexibility index (Phi) is 4.15. The molecule has 0 aromatic heterocycles. The highest BCUT2D eigenvalue weighted by atomic mass is 16.3. The molecule has 2 atom stereocenters. The van der Waals surface area contributed by atoms with E-state index in [1.54, 1.807) is 0 Å². The second-order valence-electron chi connectivity index (χ2n) is 4.96. The van der Waals surface area contributed by atoms with Crippen LogP contribution in [-0.4, -0.2) is 35.7 Å². The van der Waals surface area contributed by atoms with Crippen molar-refractivity contribution in [2.24, 2.45) is 5.73 Å². The van der Waals surface area contributed by atoms with Gasteiger partial charge in [0.05, 0.1) is 6.10 Å². The Hall–Kier alpha value is -0.900. The van der Waals surface area contributed by atoms with Gasteiger partial charge in [-0.2, -0.15) is 0 Å². The van der Waals surface area contributed by atoms with Crippen molar-refractivity contribution in [3.05, 3.63) is 35.4 Å². The van der Waals surface area contributed by atoms with E-state index in [1.807, 2.05) is 0 Å². The number of rotatable bonds is 3. The third kappa shape index (κ3) is 3.06. The van der Waals surface area contributed by atoms with Gasteiger partial charge in [0.2, 0.25) is 0 Å². The zero-order valence-corrected chi connectivity index (χ0v) is 10.5. The van der Waals surface area contributed by atoms with Gasteiger partial charge < -0.3 is 10.8 Å². The maximum absolute atomic E-state index is 9.74. The Labute approximate surface area is 103 Å². The molecule has 3 nitrogen and oxygen atoms in total. The minimum Gasteiger partial charge on any atom is -0.392 e. The number of nitrogens with zero attached hydrogens (tertiary/aromatic N) is 1. The average Bonchev–Trinajstić information content (AvgIpc) is 2.30. The number of aryl methyl sites for hydroxylation is 1. The summed E-state index contributed by atoms with van der Waals surface area (Å²) in [5.74, 6) is 0. The molecule has 1 saturated heterocycles. The van der Waals surface area contributed by atoms with Gasteiger partial charge in [0.1, 0.15) is 0 Å². The summed E-state index contributed by atoms with van der Waals surface area (Å²) >= 11 is 0. The number of aliphatic hydroxyl groups is 1. The highest BCUT2D eigenvalue weighted by Crippen LogP contribution is 2.24. The fraction of sp³-hybridized carbons (Fsp3) is 0.571. The van der Waals surface area contributed by atoms with Crippen LogP contribution in [0.3, 0.4) is 0 Å². The van der Waals surface area contributed by atoms with Crippen molar-refractivity contribution in [3.8, 4) is 0 Å². The molecule has 0 amide bonds. The summed E-state index contributed by atoms with van der Waals surface area (Å²) in [6, 6.07) is 8.74. The molecule has 0 saturated carbocycles. The third-order valence-electron chi connectivity index (χ3n) is 3.52. The molecule has 1 aliphatic rings. The van der Waals surface area contributed by atoms with Crippen molar-refractivity contribution >= 4 is 0 Å². The first-order chi connectivity index (χ1) is 8.20. The van der Waals surface area contributed by atoms with E-state index in [2.05, 4.69) is 36.1 Å². The standard InChI is InChI=1S/C14H22N2O/c1-11-4-2-5-12(8-11)14(9-15)16-7-3-6-13(17)10-16/h2,4-5,8,13-14,17H,3,6-7,9-10,15H2,1H3. The zero-order valence-electron chi connectivity index (χ0n) is 10.5. The highest BCUT2D eigenvalue weighted by Gasteiger charge is 2.24. The van der Waals surface area contributed by atoms with Crippen LogP contribution in [-0.2, 0) is 0 Å². The lowest BCUT2D eigenvalue weighted by Gasteiger charge is -2.36. The van der Waals surface area contributed by atoms with E-state index in [0.717, 1.165) is 25.9 Å². The van der Waals surface area contributed by atoms with Crippen LogP contribution in [0.25, 0.3) is 0 Å². The van der Waals surface area contributed by atoms with Gasteiger partial charge in [0, 0.05) is 19.1 Å². The van der Waals surface area contributed by atoms with Crippen LogP contribution in [0.15, 0.2) is 24.3 Å². The van der Waals surface area contributed by atoms with E-state index < -0.39 is 0 Å². The van der Waals surface area contributed by atoms with Gasteiger partial charge in [-0.1, -0.05) is 29.8 Å². The largest absolute Gasteiger partial charge is 0.392 e. The maximum Gasteiger partial charge on any atom is 0.0667 e. The fourth-order valence-electron chi connectivity index (χ4n) is 2.64. The number of likely N-dealkylation sites (tertiary alicyclic amines) is 1. The molecular formula is C14H22N2O. The predicted octanol–water partition coefficient (Wildman–Crippen LogP) is 1.45. The number of piperidine rings is 1. The number of hydrogen-bond acceptors (Lipinski definition) is 3. The lowest BCUT2D eigenvalue weighted by Crippen LogP contribution is -2.43. The van der Waals surface area contributed by atoms with E-state index in [9.17, 15) is 5.11 Å². The molecule has 1 aromatic rings. The number of aliphatic hydroxyl groups excluding tert-OH is 1. The molecule has 94 valence electrons. The first-order valence-corrected chi connectivity index (χ1v) is 6.39. The maximum atomic E-state index is 9.74. The topological polar surface area (TPSA) is 49.5 Å². The molecule has 0 aliphatic carbocycles. The Morgan fingerprint density at radius 1 is 1.53 bits per heavy atom. The summed E-state index contributed by atoms with van der Waals surface area (Å²) in [5, 5.41) is 9.74. The number of β-amino-alcohol motifs (C(OH)–C–C–N with tert-alkyl or cyclic N) is 1. The van der Waals surface area contributed by atoms with Gasteiger partial charge in [-0.3, -0.25) is 4.90 Å². The molecule has 2 rings (SSSR count). The van der Waals surface area contributed by atoms with Gasteiger partial charge >= 0.3 is 0 Å². The number of hydrogen-bond donors (Lipinski definition) is 2. The Bertz CT molecular complexity index is 367. The zero-order chi connectivity index (χ0) is 12.3. The van der Waals surface area contributed by atoms with E-state index in [4.69, 9.17) is 5.73 Å². The summed E-state index contributed by atoms with van der Waals surface area (Å²) in [4.78, 5) is 2.31. The Morgan fingerprint density at radius 2 is 2.35 bits per heavy atom. The normalized spacial score (nSPS) is 23.6. The molecule has 3 heteroatoms. The Balaban J connectivity index is 2.15. The quantitative estimate of drug-likeness (QED) is 0.832. The Morgan fingerprint density at radius 3 is 3.00 bits per heavy atom. The minimum atomic E-state index is -0.192. The summed E-state index contributed by atoms with van der Waals surface area (Å²) in [6.45, 7) is 4.49. The molecule has 0 radical (unpaired) electrons. The molecule has 2 unspecified atom stereocenters. The third-order valence-corrected chi connectivity index (χ3v) is 3.52. The monoisotopic (exact) mass is 234 g/mol. The van der Waals surface area contributed by atoms with Crippen LogP contribution in [0, 0.1) is 6.92 Å². The first-order valence-electron chi connectivity index (χ1n) is 6.39. The minimum absolute atomic E-state index is 0.192. The van der Waals surface area contributed by atoms with Crippen molar-refractivity contribution in [2.75, 3.05) is 19.6 Å². The molecule has 17 heavy (non-hydrogen) atoms. The van der Waals surface area contributed by atoms with E-state index in [1.165, 1.54) is 11.1 Å². The van der Waals surface area contributed by atoms with E-state index >= 15 is 0 Å². The van der Waals surface area contributed by atoms with Crippen LogP contribution >= 0.6 is 0 Å². The van der Waals surface area contributed by atoms with Crippen LogP contribution < -0.4 is 5.73 Å². The van der Waals surface area contributed by atoms with Crippen molar-refractivity contribution in [1.82, 2.24) is 4.90 Å². The highest BCUT2D eigenvalue weighted by molar-refractivity contribution is 5.25. The van der Waals surface area contributed by atoms with Crippen LogP contribution in [0.4, 0.5) is 0 Å². The second kappa shape index (κ2) is 5.63. The smallest absolute Gasteiger partial charge is 0.0667 e. The summed E-state index contributed by atoms with van der Waals surface area (Å²) in [5.41, 5.74) is 8.44. The molecule has 3 N–H and O–H groups in total. The lowest BCUT2D eigenvalue weighted by molar-refractivity contribution is 0.0480. The van der Waals surface area contributed by atoms with Crippen LogP contribution in [0.2, 0.25) is 0 Å². The van der Waals surface area contributed by atoms with Crippen molar-refractivity contribution in [2.45, 2.75) is 31.9 Å². The lowest BCUT2D eigenvalue weighted by atomic mass is 9.99. The molecule has 0 bridgehead atoms. The molecule has 1 fully saturated rings. The molecule has 1 heterocycles. The first kappa shape index (κ1) is 12.6. The average molecular weight is 234 g/mol. The predicted molar refractivity (Wildman–Crippen MR) is 69.8 cm³/mol. The van der Waals surface area contributed by atoms with Gasteiger partial charge in [-0.15, -0.1) is 0 Å². The summed E-state index contributed by atoms with van der Waals surface area (Å²) < 4.78 is 0. The van der Waals surface area contributed by atoms with Crippen molar-refractivity contribution < 1.29 is 5.11 Å². The molecular weight excluding hydrogens is 212 g/mol. The summed E-state index contributed by atoms with van der Waals surface area (Å²) in [7, 11) is 0. The SMILES string of the molecule is Cc1cccc(C(CN)N2CCCC(O)C2)c1. The van der Waals surface area contributed by atoms with Gasteiger partial charge in [0.25, 0.3) is 0 Å². The molecule has 1 aliphatic heterocycles. The van der Waals surface area contributed by atoms with Crippen LogP contribution in [0.5, 0.6) is 0 Å². The number of benzene rings is 1. The van der Waals surface area contributed by atoms with E-state index in [-0.39, 0.29) is 12.1 Å². The fourth-order valence-corrected chi connectivity index (χ4v) is 2.64. The van der Waals surface area contributed by atoms with Gasteiger partial charge in [-0.05, 0) is 31.9 Å². The van der Waals surface area contributed by atoms with Gasteiger partial charge in [0.15, 0.2) is 0 Å². The molecule has 0 spiro atoms. The van der Waals surface area contributed by atoms with Crippen molar-refractivity contribution in [1.29, 1.82) is 0 Å². The second-order valence-corrected chi connectivity index (χ2v) is 4.96. The van der Waals surface area contributed by atoms with Crippen LogP contribution in [0.1, 0.15) is 30.0 Å². The number of nitrogens with two attached hydrogens (primary N) is 1. The molecule has 1 aromatic carbocycles. The van der Waals surface area contributed by atoms with E-state index in [0.29, 0.717) is 6.54 Å². The summed E-state index contributed by atoms with van der Waals surface area (Å²) in [6.07, 6.45) is 1.79.